The van der Waals surface area contributed by atoms with Crippen molar-refractivity contribution in [3.05, 3.63) is 78.4 Å². The van der Waals surface area contributed by atoms with E-state index < -0.39 is 11.9 Å². The fourth-order valence-electron chi connectivity index (χ4n) is 3.32. The molecule has 1 aromatic heterocycles. The standard InChI is InChI=1S/C26H23NO4S2/c1-16(25(28)29)19-5-4-6-22(15-19)32-26-27-23(17-7-11-20(30-2)12-8-17)24(33-26)18-9-13-21(31-3)14-10-18/h4-16H,1-3H3,(H,28,29). The van der Waals surface area contributed by atoms with Gasteiger partial charge in [-0.25, -0.2) is 4.98 Å². The Balaban J connectivity index is 1.72. The minimum Gasteiger partial charge on any atom is -0.497 e. The van der Waals surface area contributed by atoms with Crippen molar-refractivity contribution >= 4 is 29.1 Å². The molecule has 0 aliphatic heterocycles. The predicted molar refractivity (Wildman–Crippen MR) is 133 cm³/mol. The van der Waals surface area contributed by atoms with Crippen LogP contribution in [0.3, 0.4) is 0 Å². The Kier molecular flexibility index (Phi) is 7.01. The number of rotatable bonds is 8. The second-order valence-corrected chi connectivity index (χ2v) is 9.67. The maximum atomic E-state index is 11.4. The Morgan fingerprint density at radius 3 is 2.12 bits per heavy atom. The fourth-order valence-corrected chi connectivity index (χ4v) is 5.53. The second kappa shape index (κ2) is 10.1. The molecule has 1 N–H and O–H groups in total. The molecule has 4 aromatic rings. The quantitative estimate of drug-likeness (QED) is 0.300. The van der Waals surface area contributed by atoms with E-state index in [2.05, 4.69) is 0 Å². The molecular weight excluding hydrogens is 454 g/mol. The first-order valence-electron chi connectivity index (χ1n) is 10.3. The van der Waals surface area contributed by atoms with Crippen molar-refractivity contribution in [1.82, 2.24) is 4.98 Å². The molecule has 1 unspecified atom stereocenters. The molecule has 4 rings (SSSR count). The maximum Gasteiger partial charge on any atom is 0.310 e. The molecule has 0 saturated carbocycles. The van der Waals surface area contributed by atoms with Crippen LogP contribution in [0.15, 0.2) is 82.0 Å². The normalized spacial score (nSPS) is 11.7. The Bertz CT molecular complexity index is 1190. The van der Waals surface area contributed by atoms with Crippen molar-refractivity contribution in [2.75, 3.05) is 14.2 Å². The van der Waals surface area contributed by atoms with Gasteiger partial charge in [0.1, 0.15) is 11.5 Å². The number of ether oxygens (including phenoxy) is 2. The van der Waals surface area contributed by atoms with Crippen LogP contribution >= 0.6 is 23.1 Å². The lowest BCUT2D eigenvalue weighted by Crippen LogP contribution is -2.07. The van der Waals surface area contributed by atoms with E-state index in [1.54, 1.807) is 32.5 Å². The highest BCUT2D eigenvalue weighted by Crippen LogP contribution is 2.43. The van der Waals surface area contributed by atoms with Crippen LogP contribution in [0.1, 0.15) is 18.4 Å². The molecule has 1 atom stereocenters. The summed E-state index contributed by atoms with van der Waals surface area (Å²) in [5.41, 5.74) is 3.72. The third-order valence-corrected chi connectivity index (χ3v) is 7.41. The third kappa shape index (κ3) is 5.21. The molecule has 0 fully saturated rings. The van der Waals surface area contributed by atoms with E-state index in [1.165, 1.54) is 11.8 Å². The number of carboxylic acids is 1. The molecule has 5 nitrogen and oxygen atoms in total. The number of methoxy groups -OCH3 is 2. The van der Waals surface area contributed by atoms with E-state index in [0.717, 1.165) is 48.0 Å². The number of benzene rings is 3. The molecule has 3 aromatic carbocycles. The summed E-state index contributed by atoms with van der Waals surface area (Å²) >= 11 is 3.15. The number of hydrogen-bond donors (Lipinski definition) is 1. The maximum absolute atomic E-state index is 11.4. The summed E-state index contributed by atoms with van der Waals surface area (Å²) in [4.78, 5) is 18.4. The van der Waals surface area contributed by atoms with Crippen LogP contribution in [0.2, 0.25) is 0 Å². The number of carboxylic acid groups (broad SMARTS) is 1. The smallest absolute Gasteiger partial charge is 0.310 e. The summed E-state index contributed by atoms with van der Waals surface area (Å²) < 4.78 is 11.5. The highest BCUT2D eigenvalue weighted by atomic mass is 32.2. The van der Waals surface area contributed by atoms with Gasteiger partial charge in [-0.05, 0) is 78.7 Å². The van der Waals surface area contributed by atoms with Crippen molar-refractivity contribution in [2.45, 2.75) is 22.1 Å². The number of hydrogen-bond acceptors (Lipinski definition) is 6. The zero-order chi connectivity index (χ0) is 23.4. The molecule has 33 heavy (non-hydrogen) atoms. The Hall–Kier alpha value is -3.29. The molecule has 0 bridgehead atoms. The average Bonchev–Trinajstić information content (AvgIpc) is 3.27. The van der Waals surface area contributed by atoms with Crippen LogP contribution in [0.4, 0.5) is 0 Å². The van der Waals surface area contributed by atoms with Crippen molar-refractivity contribution in [2.24, 2.45) is 0 Å². The van der Waals surface area contributed by atoms with Gasteiger partial charge >= 0.3 is 5.97 Å². The summed E-state index contributed by atoms with van der Waals surface area (Å²) in [6, 6.07) is 23.4. The van der Waals surface area contributed by atoms with Gasteiger partial charge in [0.05, 0.1) is 30.7 Å². The van der Waals surface area contributed by atoms with E-state index in [1.807, 2.05) is 72.8 Å². The van der Waals surface area contributed by atoms with Crippen molar-refractivity contribution in [1.29, 1.82) is 0 Å². The Labute approximate surface area is 201 Å². The van der Waals surface area contributed by atoms with Crippen LogP contribution < -0.4 is 9.47 Å². The molecular formula is C26H23NO4S2. The van der Waals surface area contributed by atoms with Gasteiger partial charge in [0.2, 0.25) is 0 Å². The van der Waals surface area contributed by atoms with Gasteiger partial charge in [-0.15, -0.1) is 11.3 Å². The summed E-state index contributed by atoms with van der Waals surface area (Å²) in [7, 11) is 3.30. The minimum atomic E-state index is -0.838. The SMILES string of the molecule is COc1ccc(-c2nc(Sc3cccc(C(C)C(=O)O)c3)sc2-c2ccc(OC)cc2)cc1. The van der Waals surface area contributed by atoms with Gasteiger partial charge in [0, 0.05) is 10.5 Å². The number of nitrogens with zero attached hydrogens (tertiary/aromatic N) is 1. The minimum absolute atomic E-state index is 0.563. The van der Waals surface area contributed by atoms with Gasteiger partial charge in [-0.2, -0.15) is 0 Å². The van der Waals surface area contributed by atoms with Crippen LogP contribution in [-0.4, -0.2) is 30.3 Å². The first-order valence-corrected chi connectivity index (χ1v) is 11.9. The van der Waals surface area contributed by atoms with Crippen LogP contribution in [0.5, 0.6) is 11.5 Å². The lowest BCUT2D eigenvalue weighted by molar-refractivity contribution is -0.138. The number of thiazole rings is 1. The zero-order valence-electron chi connectivity index (χ0n) is 18.4. The molecule has 0 aliphatic rings. The zero-order valence-corrected chi connectivity index (χ0v) is 20.1. The molecule has 1 heterocycles. The van der Waals surface area contributed by atoms with Gasteiger partial charge < -0.3 is 14.6 Å². The lowest BCUT2D eigenvalue weighted by Gasteiger charge is -2.07. The Morgan fingerprint density at radius 1 is 0.939 bits per heavy atom. The number of aliphatic carboxylic acids is 1. The third-order valence-electron chi connectivity index (χ3n) is 5.26. The largest absolute Gasteiger partial charge is 0.497 e. The molecule has 0 amide bonds. The number of carbonyl (C=O) groups is 1. The molecule has 0 aliphatic carbocycles. The monoisotopic (exact) mass is 477 g/mol. The molecule has 168 valence electrons. The Morgan fingerprint density at radius 2 is 1.55 bits per heavy atom. The van der Waals surface area contributed by atoms with Crippen LogP contribution in [0.25, 0.3) is 21.7 Å². The summed E-state index contributed by atoms with van der Waals surface area (Å²) in [6.45, 7) is 1.69. The predicted octanol–water partition coefficient (Wildman–Crippen LogP) is 6.83. The van der Waals surface area contributed by atoms with Crippen molar-refractivity contribution in [3.63, 3.8) is 0 Å². The first kappa shape index (κ1) is 22.9. The van der Waals surface area contributed by atoms with E-state index in [-0.39, 0.29) is 0 Å². The van der Waals surface area contributed by atoms with E-state index in [4.69, 9.17) is 14.5 Å². The van der Waals surface area contributed by atoms with Crippen molar-refractivity contribution < 1.29 is 19.4 Å². The lowest BCUT2D eigenvalue weighted by atomic mass is 10.0. The van der Waals surface area contributed by atoms with E-state index >= 15 is 0 Å². The molecule has 0 spiro atoms. The summed E-state index contributed by atoms with van der Waals surface area (Å²) in [5.74, 6) is 0.189. The van der Waals surface area contributed by atoms with E-state index in [0.29, 0.717) is 0 Å². The van der Waals surface area contributed by atoms with Gasteiger partial charge in [0.15, 0.2) is 4.34 Å². The summed E-state index contributed by atoms with van der Waals surface area (Å²) in [5, 5.41) is 9.35. The van der Waals surface area contributed by atoms with Crippen LogP contribution in [-0.2, 0) is 4.79 Å². The molecule has 0 radical (unpaired) electrons. The molecule has 7 heteroatoms. The highest BCUT2D eigenvalue weighted by molar-refractivity contribution is 8.01. The van der Waals surface area contributed by atoms with Gasteiger partial charge in [0.25, 0.3) is 0 Å². The second-order valence-electron chi connectivity index (χ2n) is 7.35. The molecule has 0 saturated heterocycles. The summed E-state index contributed by atoms with van der Waals surface area (Å²) in [6.07, 6.45) is 0. The highest BCUT2D eigenvalue weighted by Gasteiger charge is 2.18. The van der Waals surface area contributed by atoms with Gasteiger partial charge in [-0.3, -0.25) is 4.79 Å². The topological polar surface area (TPSA) is 68.7 Å². The van der Waals surface area contributed by atoms with Crippen LogP contribution in [0, 0.1) is 0 Å². The first-order chi connectivity index (χ1) is 16.0. The average molecular weight is 478 g/mol. The van der Waals surface area contributed by atoms with Crippen molar-refractivity contribution in [3.8, 4) is 33.2 Å². The number of aromatic nitrogens is 1. The fraction of sp³-hybridized carbons (Fsp3) is 0.154. The van der Waals surface area contributed by atoms with Gasteiger partial charge in [-0.1, -0.05) is 23.9 Å². The van der Waals surface area contributed by atoms with E-state index in [9.17, 15) is 9.90 Å².